The quantitative estimate of drug-likeness (QED) is 0.489. The van der Waals surface area contributed by atoms with E-state index in [0.717, 1.165) is 19.3 Å². The number of aliphatic hydroxyl groups excluding tert-OH is 3. The van der Waals surface area contributed by atoms with Gasteiger partial charge in [0, 0.05) is 19.1 Å². The molecule has 0 bridgehead atoms. The predicted molar refractivity (Wildman–Crippen MR) is 47.2 cm³/mol. The standard InChI is InChI=1S/C9H17NO3/c11-7-3-1-2-6(7)10-4-8(12)9(13)5-10/h6-9,11-13H,1-5H2/t6-,7-,8?,9?/m1/s1. The number of β-amino-alcohol motifs (C(OH)–C–C–N with tert-alkyl or cyclic N) is 2. The fourth-order valence-electron chi connectivity index (χ4n) is 2.42. The van der Waals surface area contributed by atoms with Gasteiger partial charge >= 0.3 is 0 Å². The van der Waals surface area contributed by atoms with Crippen molar-refractivity contribution < 1.29 is 15.3 Å². The van der Waals surface area contributed by atoms with E-state index in [4.69, 9.17) is 0 Å². The van der Waals surface area contributed by atoms with Crippen molar-refractivity contribution in [3.05, 3.63) is 0 Å². The Balaban J connectivity index is 1.95. The summed E-state index contributed by atoms with van der Waals surface area (Å²) in [5.74, 6) is 0. The van der Waals surface area contributed by atoms with Crippen molar-refractivity contribution in [3.63, 3.8) is 0 Å². The van der Waals surface area contributed by atoms with Gasteiger partial charge in [0.25, 0.3) is 0 Å². The Bertz CT molecular complexity index is 178. The maximum Gasteiger partial charge on any atom is 0.0938 e. The van der Waals surface area contributed by atoms with E-state index in [-0.39, 0.29) is 12.1 Å². The van der Waals surface area contributed by atoms with Gasteiger partial charge in [-0.25, -0.2) is 0 Å². The van der Waals surface area contributed by atoms with Crippen LogP contribution in [-0.4, -0.2) is 57.7 Å². The van der Waals surface area contributed by atoms with E-state index in [1.54, 1.807) is 0 Å². The third-order valence-electron chi connectivity index (χ3n) is 3.20. The van der Waals surface area contributed by atoms with Crippen molar-refractivity contribution in [2.45, 2.75) is 43.6 Å². The van der Waals surface area contributed by atoms with Crippen LogP contribution in [0, 0.1) is 0 Å². The Kier molecular flexibility index (Phi) is 2.55. The molecule has 13 heavy (non-hydrogen) atoms. The molecule has 3 N–H and O–H groups in total. The first-order valence-electron chi connectivity index (χ1n) is 4.96. The first-order valence-corrected chi connectivity index (χ1v) is 4.96. The summed E-state index contributed by atoms with van der Waals surface area (Å²) in [7, 11) is 0. The van der Waals surface area contributed by atoms with Gasteiger partial charge in [0.1, 0.15) is 0 Å². The molecule has 1 heterocycles. The van der Waals surface area contributed by atoms with Crippen LogP contribution < -0.4 is 0 Å². The monoisotopic (exact) mass is 187 g/mol. The molecule has 0 spiro atoms. The average Bonchev–Trinajstić information content (AvgIpc) is 2.60. The Labute approximate surface area is 77.8 Å². The second-order valence-electron chi connectivity index (χ2n) is 4.15. The van der Waals surface area contributed by atoms with Gasteiger partial charge in [-0.3, -0.25) is 4.90 Å². The van der Waals surface area contributed by atoms with E-state index >= 15 is 0 Å². The molecule has 4 heteroatoms. The van der Waals surface area contributed by atoms with Crippen LogP contribution in [0.15, 0.2) is 0 Å². The summed E-state index contributed by atoms with van der Waals surface area (Å²) in [5.41, 5.74) is 0. The van der Waals surface area contributed by atoms with E-state index in [1.165, 1.54) is 0 Å². The lowest BCUT2D eigenvalue weighted by molar-refractivity contribution is 0.0572. The van der Waals surface area contributed by atoms with Crippen molar-refractivity contribution in [1.29, 1.82) is 0 Å². The van der Waals surface area contributed by atoms with Crippen LogP contribution in [0.4, 0.5) is 0 Å². The highest BCUT2D eigenvalue weighted by molar-refractivity contribution is 4.92. The number of rotatable bonds is 1. The van der Waals surface area contributed by atoms with Gasteiger partial charge in [-0.1, -0.05) is 0 Å². The summed E-state index contributed by atoms with van der Waals surface area (Å²) < 4.78 is 0. The third-order valence-corrected chi connectivity index (χ3v) is 3.20. The second kappa shape index (κ2) is 3.53. The normalized spacial score (nSPS) is 47.3. The number of nitrogens with zero attached hydrogens (tertiary/aromatic N) is 1. The topological polar surface area (TPSA) is 63.9 Å². The van der Waals surface area contributed by atoms with Gasteiger partial charge in [-0.05, 0) is 19.3 Å². The molecule has 1 saturated carbocycles. The van der Waals surface area contributed by atoms with Crippen molar-refractivity contribution in [2.24, 2.45) is 0 Å². The summed E-state index contributed by atoms with van der Waals surface area (Å²) in [5, 5.41) is 28.3. The largest absolute Gasteiger partial charge is 0.391 e. The number of likely N-dealkylation sites (tertiary alicyclic amines) is 1. The van der Waals surface area contributed by atoms with Gasteiger partial charge in [0.05, 0.1) is 18.3 Å². The molecular formula is C9H17NO3. The zero-order chi connectivity index (χ0) is 9.42. The van der Waals surface area contributed by atoms with Crippen molar-refractivity contribution in [2.75, 3.05) is 13.1 Å². The van der Waals surface area contributed by atoms with E-state index < -0.39 is 12.2 Å². The summed E-state index contributed by atoms with van der Waals surface area (Å²) >= 11 is 0. The Hall–Kier alpha value is -0.160. The van der Waals surface area contributed by atoms with Gasteiger partial charge in [0.15, 0.2) is 0 Å². The fraction of sp³-hybridized carbons (Fsp3) is 1.00. The zero-order valence-corrected chi connectivity index (χ0v) is 7.63. The first kappa shape index (κ1) is 9.40. The number of hydrogen-bond donors (Lipinski definition) is 3. The molecule has 2 fully saturated rings. The fourth-order valence-corrected chi connectivity index (χ4v) is 2.42. The highest BCUT2D eigenvalue weighted by atomic mass is 16.3. The lowest BCUT2D eigenvalue weighted by Gasteiger charge is -2.25. The van der Waals surface area contributed by atoms with E-state index in [9.17, 15) is 15.3 Å². The van der Waals surface area contributed by atoms with E-state index in [0.29, 0.717) is 13.1 Å². The van der Waals surface area contributed by atoms with Crippen LogP contribution in [0.5, 0.6) is 0 Å². The molecule has 0 aromatic carbocycles. The Morgan fingerprint density at radius 2 is 1.46 bits per heavy atom. The van der Waals surface area contributed by atoms with Crippen molar-refractivity contribution >= 4 is 0 Å². The van der Waals surface area contributed by atoms with Crippen LogP contribution in [0.3, 0.4) is 0 Å². The molecule has 0 aromatic heterocycles. The SMILES string of the molecule is OC1CN([C@@H]2CCC[C@H]2O)CC1O. The van der Waals surface area contributed by atoms with Crippen LogP contribution in [0.1, 0.15) is 19.3 Å². The van der Waals surface area contributed by atoms with Crippen molar-refractivity contribution in [1.82, 2.24) is 4.90 Å². The highest BCUT2D eigenvalue weighted by Crippen LogP contribution is 2.27. The number of hydrogen-bond acceptors (Lipinski definition) is 4. The van der Waals surface area contributed by atoms with Crippen molar-refractivity contribution in [3.8, 4) is 0 Å². The number of aliphatic hydroxyl groups is 3. The van der Waals surface area contributed by atoms with E-state index in [2.05, 4.69) is 0 Å². The molecule has 76 valence electrons. The Morgan fingerprint density at radius 1 is 0.846 bits per heavy atom. The third kappa shape index (κ3) is 1.72. The highest BCUT2D eigenvalue weighted by Gasteiger charge is 2.38. The van der Waals surface area contributed by atoms with Gasteiger partial charge in [0.2, 0.25) is 0 Å². The molecule has 4 atom stereocenters. The Morgan fingerprint density at radius 3 is 1.92 bits per heavy atom. The maximum atomic E-state index is 9.62. The molecule has 0 radical (unpaired) electrons. The van der Waals surface area contributed by atoms with Gasteiger partial charge < -0.3 is 15.3 Å². The molecule has 2 aliphatic rings. The van der Waals surface area contributed by atoms with Gasteiger partial charge in [-0.2, -0.15) is 0 Å². The zero-order valence-electron chi connectivity index (χ0n) is 7.63. The van der Waals surface area contributed by atoms with Gasteiger partial charge in [-0.15, -0.1) is 0 Å². The smallest absolute Gasteiger partial charge is 0.0938 e. The van der Waals surface area contributed by atoms with Crippen LogP contribution >= 0.6 is 0 Å². The van der Waals surface area contributed by atoms with Crippen LogP contribution in [0.2, 0.25) is 0 Å². The minimum Gasteiger partial charge on any atom is -0.391 e. The van der Waals surface area contributed by atoms with E-state index in [1.807, 2.05) is 4.90 Å². The summed E-state index contributed by atoms with van der Waals surface area (Å²) in [6.45, 7) is 1.01. The summed E-state index contributed by atoms with van der Waals surface area (Å²) in [6.07, 6.45) is 1.36. The lowest BCUT2D eigenvalue weighted by atomic mass is 10.2. The predicted octanol–water partition coefficient (Wildman–Crippen LogP) is -1.06. The summed E-state index contributed by atoms with van der Waals surface area (Å²) in [4.78, 5) is 2.01. The molecule has 0 amide bonds. The van der Waals surface area contributed by atoms with Crippen LogP contribution in [-0.2, 0) is 0 Å². The molecule has 4 nitrogen and oxygen atoms in total. The molecule has 2 rings (SSSR count). The first-order chi connectivity index (χ1) is 6.18. The molecule has 1 aliphatic carbocycles. The maximum absolute atomic E-state index is 9.62. The minimum absolute atomic E-state index is 0.159. The molecule has 2 unspecified atom stereocenters. The minimum atomic E-state index is -0.632. The lowest BCUT2D eigenvalue weighted by Crippen LogP contribution is -2.39. The summed E-state index contributed by atoms with van der Waals surface area (Å²) in [6, 6.07) is 0.159. The second-order valence-corrected chi connectivity index (χ2v) is 4.15. The molecule has 1 aliphatic heterocycles. The molecular weight excluding hydrogens is 170 g/mol. The molecule has 1 saturated heterocycles. The van der Waals surface area contributed by atoms with Crippen LogP contribution in [0.25, 0.3) is 0 Å². The molecule has 0 aromatic rings. The average molecular weight is 187 g/mol.